The van der Waals surface area contributed by atoms with Crippen LogP contribution in [0.2, 0.25) is 0 Å². The molecule has 100 valence electrons. The smallest absolute Gasteiger partial charge is 0.418 e. The average molecular weight is 268 g/mol. The monoisotopic (exact) mass is 268 g/mol. The molecule has 2 rings (SSSR count). The SMILES string of the molecule is Cc1ccc(/C=N\Nc2ccccc2C(F)(F)F)o1. The maximum atomic E-state index is 12.7. The number of benzene rings is 1. The number of rotatable bonds is 3. The van der Waals surface area contributed by atoms with Gasteiger partial charge < -0.3 is 4.42 Å². The Balaban J connectivity index is 2.14. The number of aryl methyl sites for hydroxylation is 1. The Labute approximate surface area is 107 Å². The zero-order chi connectivity index (χ0) is 13.9. The minimum absolute atomic E-state index is 0.102. The van der Waals surface area contributed by atoms with Gasteiger partial charge in [0.05, 0.1) is 17.5 Å². The number of hydrazone groups is 1. The standard InChI is InChI=1S/C13H11F3N2O/c1-9-6-7-10(19-9)8-17-18-12-5-3-2-4-11(12)13(14,15)16/h2-8,18H,1H3/b17-8-. The first-order chi connectivity index (χ1) is 8.97. The molecule has 0 amide bonds. The van der Waals surface area contributed by atoms with Crippen molar-refractivity contribution in [2.24, 2.45) is 5.10 Å². The maximum absolute atomic E-state index is 12.7. The molecule has 0 bridgehead atoms. The van der Waals surface area contributed by atoms with Crippen LogP contribution in [0.5, 0.6) is 0 Å². The van der Waals surface area contributed by atoms with E-state index in [0.717, 1.165) is 6.07 Å². The van der Waals surface area contributed by atoms with Crippen LogP contribution in [0, 0.1) is 6.92 Å². The highest BCUT2D eigenvalue weighted by Gasteiger charge is 2.33. The predicted octanol–water partition coefficient (Wildman–Crippen LogP) is 4.05. The van der Waals surface area contributed by atoms with Crippen molar-refractivity contribution in [3.8, 4) is 0 Å². The van der Waals surface area contributed by atoms with E-state index in [1.807, 2.05) is 0 Å². The van der Waals surface area contributed by atoms with Gasteiger partial charge in [0, 0.05) is 0 Å². The summed E-state index contributed by atoms with van der Waals surface area (Å²) in [5, 5.41) is 3.73. The van der Waals surface area contributed by atoms with Crippen molar-refractivity contribution in [2.45, 2.75) is 13.1 Å². The molecule has 0 aliphatic carbocycles. The number of nitrogens with one attached hydrogen (secondary N) is 1. The minimum atomic E-state index is -4.42. The van der Waals surface area contributed by atoms with E-state index in [4.69, 9.17) is 4.42 Å². The first kappa shape index (κ1) is 13.2. The number of anilines is 1. The fourth-order valence-corrected chi connectivity index (χ4v) is 1.52. The second kappa shape index (κ2) is 5.17. The van der Waals surface area contributed by atoms with Gasteiger partial charge in [0.1, 0.15) is 11.5 Å². The molecule has 0 unspecified atom stereocenters. The van der Waals surface area contributed by atoms with Gasteiger partial charge in [0.2, 0.25) is 0 Å². The van der Waals surface area contributed by atoms with Crippen molar-refractivity contribution < 1.29 is 17.6 Å². The Hall–Kier alpha value is -2.24. The lowest BCUT2D eigenvalue weighted by Crippen LogP contribution is -2.08. The van der Waals surface area contributed by atoms with Gasteiger partial charge in [0.25, 0.3) is 0 Å². The third kappa shape index (κ3) is 3.37. The van der Waals surface area contributed by atoms with E-state index in [-0.39, 0.29) is 5.69 Å². The van der Waals surface area contributed by atoms with Crippen LogP contribution in [0.15, 0.2) is 45.9 Å². The molecular formula is C13H11F3N2O. The molecule has 0 aliphatic rings. The molecule has 0 radical (unpaired) electrons. The van der Waals surface area contributed by atoms with Gasteiger partial charge in [-0.1, -0.05) is 12.1 Å². The Bertz CT molecular complexity index is 588. The molecule has 1 aromatic carbocycles. The highest BCUT2D eigenvalue weighted by atomic mass is 19.4. The lowest BCUT2D eigenvalue weighted by molar-refractivity contribution is -0.136. The molecule has 0 atom stereocenters. The molecule has 0 aliphatic heterocycles. The van der Waals surface area contributed by atoms with Crippen molar-refractivity contribution in [1.29, 1.82) is 0 Å². The Morgan fingerprint density at radius 1 is 1.16 bits per heavy atom. The molecule has 0 spiro atoms. The van der Waals surface area contributed by atoms with E-state index in [2.05, 4.69) is 10.5 Å². The van der Waals surface area contributed by atoms with Crippen LogP contribution < -0.4 is 5.43 Å². The number of alkyl halides is 3. The van der Waals surface area contributed by atoms with Crippen LogP contribution in [0.4, 0.5) is 18.9 Å². The Morgan fingerprint density at radius 3 is 2.53 bits per heavy atom. The molecule has 1 N–H and O–H groups in total. The molecule has 1 heterocycles. The maximum Gasteiger partial charge on any atom is 0.418 e. The predicted molar refractivity (Wildman–Crippen MR) is 66.1 cm³/mol. The van der Waals surface area contributed by atoms with Gasteiger partial charge in [-0.15, -0.1) is 0 Å². The van der Waals surface area contributed by atoms with E-state index >= 15 is 0 Å². The third-order valence-corrected chi connectivity index (χ3v) is 2.37. The van der Waals surface area contributed by atoms with E-state index < -0.39 is 11.7 Å². The fourth-order valence-electron chi connectivity index (χ4n) is 1.52. The molecule has 0 saturated carbocycles. The molecular weight excluding hydrogens is 257 g/mol. The van der Waals surface area contributed by atoms with Crippen LogP contribution in [-0.4, -0.2) is 6.21 Å². The fraction of sp³-hybridized carbons (Fsp3) is 0.154. The van der Waals surface area contributed by atoms with E-state index in [1.54, 1.807) is 19.1 Å². The van der Waals surface area contributed by atoms with Crippen molar-refractivity contribution in [3.63, 3.8) is 0 Å². The topological polar surface area (TPSA) is 37.5 Å². The number of para-hydroxylation sites is 1. The quantitative estimate of drug-likeness (QED) is 0.673. The lowest BCUT2D eigenvalue weighted by Gasteiger charge is -2.11. The minimum Gasteiger partial charge on any atom is -0.460 e. The summed E-state index contributed by atoms with van der Waals surface area (Å²) in [6, 6.07) is 8.56. The number of halogens is 3. The van der Waals surface area contributed by atoms with Gasteiger partial charge >= 0.3 is 6.18 Å². The van der Waals surface area contributed by atoms with Crippen molar-refractivity contribution in [2.75, 3.05) is 5.43 Å². The molecule has 3 nitrogen and oxygen atoms in total. The van der Waals surface area contributed by atoms with Crippen LogP contribution >= 0.6 is 0 Å². The second-order valence-corrected chi connectivity index (χ2v) is 3.86. The van der Waals surface area contributed by atoms with Crippen molar-refractivity contribution in [1.82, 2.24) is 0 Å². The molecule has 1 aromatic heterocycles. The summed E-state index contributed by atoms with van der Waals surface area (Å²) in [6.45, 7) is 1.77. The van der Waals surface area contributed by atoms with Gasteiger partial charge in [-0.25, -0.2) is 0 Å². The first-order valence-corrected chi connectivity index (χ1v) is 5.48. The summed E-state index contributed by atoms with van der Waals surface area (Å²) >= 11 is 0. The van der Waals surface area contributed by atoms with E-state index in [9.17, 15) is 13.2 Å². The van der Waals surface area contributed by atoms with Crippen LogP contribution in [0.1, 0.15) is 17.1 Å². The van der Waals surface area contributed by atoms with Crippen LogP contribution in [-0.2, 0) is 6.18 Å². The summed E-state index contributed by atoms with van der Waals surface area (Å²) in [6.07, 6.45) is -3.10. The summed E-state index contributed by atoms with van der Waals surface area (Å²) < 4.78 is 43.3. The first-order valence-electron chi connectivity index (χ1n) is 5.48. The molecule has 0 saturated heterocycles. The molecule has 0 fully saturated rings. The summed E-state index contributed by atoms with van der Waals surface area (Å²) in [7, 11) is 0. The molecule has 19 heavy (non-hydrogen) atoms. The number of nitrogens with zero attached hydrogens (tertiary/aromatic N) is 1. The van der Waals surface area contributed by atoms with Gasteiger partial charge in [-0.3, -0.25) is 5.43 Å². The van der Waals surface area contributed by atoms with Crippen molar-refractivity contribution >= 4 is 11.9 Å². The van der Waals surface area contributed by atoms with E-state index in [1.165, 1.54) is 24.4 Å². The summed E-state index contributed by atoms with van der Waals surface area (Å²) in [5.74, 6) is 1.17. The number of hydrogen-bond acceptors (Lipinski definition) is 3. The zero-order valence-corrected chi connectivity index (χ0v) is 10.0. The highest BCUT2D eigenvalue weighted by Crippen LogP contribution is 2.34. The Morgan fingerprint density at radius 2 is 1.89 bits per heavy atom. The summed E-state index contributed by atoms with van der Waals surface area (Å²) in [5.41, 5.74) is 1.50. The van der Waals surface area contributed by atoms with Crippen LogP contribution in [0.3, 0.4) is 0 Å². The van der Waals surface area contributed by atoms with Gasteiger partial charge in [-0.05, 0) is 31.2 Å². The third-order valence-electron chi connectivity index (χ3n) is 2.37. The lowest BCUT2D eigenvalue weighted by atomic mass is 10.2. The molecule has 2 aromatic rings. The zero-order valence-electron chi connectivity index (χ0n) is 10.0. The number of furan rings is 1. The van der Waals surface area contributed by atoms with Crippen LogP contribution in [0.25, 0.3) is 0 Å². The molecule has 6 heteroatoms. The summed E-state index contributed by atoms with van der Waals surface area (Å²) in [4.78, 5) is 0. The van der Waals surface area contributed by atoms with Crippen molar-refractivity contribution in [3.05, 3.63) is 53.5 Å². The normalized spacial score (nSPS) is 12.0. The van der Waals surface area contributed by atoms with Gasteiger partial charge in [-0.2, -0.15) is 18.3 Å². The second-order valence-electron chi connectivity index (χ2n) is 3.86. The van der Waals surface area contributed by atoms with Gasteiger partial charge in [0.15, 0.2) is 0 Å². The van der Waals surface area contributed by atoms with E-state index in [0.29, 0.717) is 11.5 Å². The largest absolute Gasteiger partial charge is 0.460 e. The Kier molecular flexibility index (Phi) is 3.59. The highest BCUT2D eigenvalue weighted by molar-refractivity contribution is 5.76. The number of hydrogen-bond donors (Lipinski definition) is 1. The average Bonchev–Trinajstić information content (AvgIpc) is 2.74.